The molecule has 3 rings (SSSR count). The number of benzene rings is 1. The molecule has 0 saturated heterocycles. The van der Waals surface area contributed by atoms with Gasteiger partial charge < -0.3 is 19.8 Å². The Kier molecular flexibility index (Phi) is 5.76. The highest BCUT2D eigenvalue weighted by Gasteiger charge is 2.08. The molecule has 0 atom stereocenters. The van der Waals surface area contributed by atoms with Gasteiger partial charge in [0.1, 0.15) is 17.2 Å². The zero-order valence-electron chi connectivity index (χ0n) is 14.2. The molecule has 26 heavy (non-hydrogen) atoms. The second-order valence-corrected chi connectivity index (χ2v) is 5.86. The molecule has 0 bridgehead atoms. The summed E-state index contributed by atoms with van der Waals surface area (Å²) in [5.74, 6) is 1.66. The van der Waals surface area contributed by atoms with Crippen molar-refractivity contribution in [2.45, 2.75) is 13.5 Å². The summed E-state index contributed by atoms with van der Waals surface area (Å²) in [6, 6.07) is 12.5. The maximum atomic E-state index is 12.0. The zero-order chi connectivity index (χ0) is 18.4. The molecule has 0 fully saturated rings. The van der Waals surface area contributed by atoms with Crippen molar-refractivity contribution in [3.05, 3.63) is 71.1 Å². The number of ether oxygens (including phenoxy) is 2. The molecule has 6 nitrogen and oxygen atoms in total. The van der Waals surface area contributed by atoms with Gasteiger partial charge in [-0.15, -0.1) is 0 Å². The van der Waals surface area contributed by atoms with Crippen LogP contribution in [0.5, 0.6) is 17.4 Å². The van der Waals surface area contributed by atoms with E-state index in [1.54, 1.807) is 24.5 Å². The fraction of sp³-hybridized carbons (Fsp3) is 0.158. The number of halogens is 1. The van der Waals surface area contributed by atoms with Crippen LogP contribution in [-0.2, 0) is 6.54 Å². The largest absolute Gasteiger partial charge is 0.494 e. The van der Waals surface area contributed by atoms with Crippen LogP contribution in [0.3, 0.4) is 0 Å². The van der Waals surface area contributed by atoms with Crippen LogP contribution in [0, 0.1) is 0 Å². The van der Waals surface area contributed by atoms with Gasteiger partial charge in [-0.3, -0.25) is 4.79 Å². The summed E-state index contributed by atoms with van der Waals surface area (Å²) in [4.78, 5) is 19.0. The molecule has 0 aliphatic rings. The molecular weight excluding hydrogens is 354 g/mol. The average Bonchev–Trinajstić information content (AvgIpc) is 3.08. The molecule has 3 aromatic rings. The minimum Gasteiger partial charge on any atom is -0.494 e. The molecule has 2 N–H and O–H groups in total. The van der Waals surface area contributed by atoms with E-state index in [0.29, 0.717) is 35.5 Å². The highest BCUT2D eigenvalue weighted by atomic mass is 35.5. The molecule has 134 valence electrons. The number of hydrogen-bond donors (Lipinski definition) is 2. The predicted octanol–water partition coefficient (Wildman–Crippen LogP) is 4.18. The minimum atomic E-state index is -0.234. The maximum Gasteiger partial charge on any atom is 0.268 e. The Morgan fingerprint density at radius 2 is 1.96 bits per heavy atom. The molecule has 0 saturated carbocycles. The molecule has 1 aromatic carbocycles. The quantitative estimate of drug-likeness (QED) is 0.653. The Bertz CT molecular complexity index is 878. The topological polar surface area (TPSA) is 76.2 Å². The number of aromatic amines is 1. The smallest absolute Gasteiger partial charge is 0.268 e. The summed E-state index contributed by atoms with van der Waals surface area (Å²) < 4.78 is 11.1. The number of carbonyl (C=O) groups excluding carboxylic acids is 1. The standard InChI is InChI=1S/C19H18ClN3O3/c1-2-25-15-3-5-16(6-4-15)26-18-9-13(7-8-21-18)11-23-19(24)17-10-14(20)12-22-17/h3-10,12,22H,2,11H2,1H3,(H,23,24). The first-order valence-electron chi connectivity index (χ1n) is 8.12. The molecule has 2 aromatic heterocycles. The van der Waals surface area contributed by atoms with Gasteiger partial charge >= 0.3 is 0 Å². The Balaban J connectivity index is 1.60. The van der Waals surface area contributed by atoms with Gasteiger partial charge in [0.05, 0.1) is 11.6 Å². The van der Waals surface area contributed by atoms with E-state index in [1.165, 1.54) is 0 Å². The fourth-order valence-corrected chi connectivity index (χ4v) is 2.45. The van der Waals surface area contributed by atoms with Crippen LogP contribution in [-0.4, -0.2) is 22.5 Å². The summed E-state index contributed by atoms with van der Waals surface area (Å²) in [5.41, 5.74) is 1.28. The van der Waals surface area contributed by atoms with E-state index in [1.807, 2.05) is 37.3 Å². The Morgan fingerprint density at radius 1 is 1.19 bits per heavy atom. The number of hydrogen-bond acceptors (Lipinski definition) is 4. The van der Waals surface area contributed by atoms with Crippen LogP contribution in [0.4, 0.5) is 0 Å². The van der Waals surface area contributed by atoms with E-state index >= 15 is 0 Å². The first-order valence-corrected chi connectivity index (χ1v) is 8.49. The van der Waals surface area contributed by atoms with E-state index in [4.69, 9.17) is 21.1 Å². The van der Waals surface area contributed by atoms with Crippen molar-refractivity contribution in [1.29, 1.82) is 0 Å². The number of H-pyrrole nitrogens is 1. The first kappa shape index (κ1) is 17.8. The van der Waals surface area contributed by atoms with E-state index in [0.717, 1.165) is 11.3 Å². The lowest BCUT2D eigenvalue weighted by Crippen LogP contribution is -2.23. The predicted molar refractivity (Wildman–Crippen MR) is 98.9 cm³/mol. The summed E-state index contributed by atoms with van der Waals surface area (Å²) in [6.07, 6.45) is 3.20. The Labute approximate surface area is 156 Å². The van der Waals surface area contributed by atoms with Crippen LogP contribution in [0.15, 0.2) is 54.9 Å². The van der Waals surface area contributed by atoms with Crippen LogP contribution in [0.2, 0.25) is 5.02 Å². The van der Waals surface area contributed by atoms with Crippen molar-refractivity contribution in [1.82, 2.24) is 15.3 Å². The van der Waals surface area contributed by atoms with Gasteiger partial charge in [0.2, 0.25) is 5.88 Å². The Hall–Kier alpha value is -2.99. The normalized spacial score (nSPS) is 10.4. The van der Waals surface area contributed by atoms with E-state index in [9.17, 15) is 4.79 Å². The fourth-order valence-electron chi connectivity index (χ4n) is 2.28. The van der Waals surface area contributed by atoms with Crippen molar-refractivity contribution in [2.24, 2.45) is 0 Å². The molecule has 0 radical (unpaired) electrons. The van der Waals surface area contributed by atoms with Gasteiger partial charge in [-0.1, -0.05) is 11.6 Å². The van der Waals surface area contributed by atoms with Crippen molar-refractivity contribution >= 4 is 17.5 Å². The number of amides is 1. The van der Waals surface area contributed by atoms with Crippen molar-refractivity contribution in [3.8, 4) is 17.4 Å². The van der Waals surface area contributed by atoms with E-state index < -0.39 is 0 Å². The first-order chi connectivity index (χ1) is 12.6. The lowest BCUT2D eigenvalue weighted by Gasteiger charge is -2.08. The van der Waals surface area contributed by atoms with Crippen LogP contribution >= 0.6 is 11.6 Å². The monoisotopic (exact) mass is 371 g/mol. The summed E-state index contributed by atoms with van der Waals surface area (Å²) in [7, 11) is 0. The van der Waals surface area contributed by atoms with Crippen molar-refractivity contribution in [2.75, 3.05) is 6.61 Å². The summed E-state index contributed by atoms with van der Waals surface area (Å²) >= 11 is 5.80. The lowest BCUT2D eigenvalue weighted by molar-refractivity contribution is 0.0946. The molecule has 1 amide bonds. The third kappa shape index (κ3) is 4.77. The van der Waals surface area contributed by atoms with Gasteiger partial charge in [0, 0.05) is 25.0 Å². The summed E-state index contributed by atoms with van der Waals surface area (Å²) in [5, 5.41) is 3.30. The Morgan fingerprint density at radius 3 is 2.65 bits per heavy atom. The number of carbonyl (C=O) groups is 1. The lowest BCUT2D eigenvalue weighted by atomic mass is 10.2. The number of nitrogens with zero attached hydrogens (tertiary/aromatic N) is 1. The number of nitrogens with one attached hydrogen (secondary N) is 2. The van der Waals surface area contributed by atoms with Gasteiger partial charge in [-0.05, 0) is 48.9 Å². The molecule has 0 aliphatic heterocycles. The highest BCUT2D eigenvalue weighted by Crippen LogP contribution is 2.23. The third-order valence-electron chi connectivity index (χ3n) is 3.50. The SMILES string of the molecule is CCOc1ccc(Oc2cc(CNC(=O)c3cc(Cl)c[nH]3)ccn2)cc1. The van der Waals surface area contributed by atoms with Crippen LogP contribution < -0.4 is 14.8 Å². The number of pyridine rings is 1. The van der Waals surface area contributed by atoms with Crippen molar-refractivity contribution in [3.63, 3.8) is 0 Å². The maximum absolute atomic E-state index is 12.0. The second-order valence-electron chi connectivity index (χ2n) is 5.42. The average molecular weight is 372 g/mol. The van der Waals surface area contributed by atoms with E-state index in [2.05, 4.69) is 15.3 Å². The number of aromatic nitrogens is 2. The van der Waals surface area contributed by atoms with Crippen LogP contribution in [0.1, 0.15) is 23.0 Å². The third-order valence-corrected chi connectivity index (χ3v) is 3.72. The molecule has 0 aliphatic carbocycles. The summed E-state index contributed by atoms with van der Waals surface area (Å²) in [6.45, 7) is 2.89. The van der Waals surface area contributed by atoms with Gasteiger partial charge in [-0.25, -0.2) is 4.98 Å². The van der Waals surface area contributed by atoms with Gasteiger partial charge in [0.25, 0.3) is 5.91 Å². The molecule has 0 spiro atoms. The minimum absolute atomic E-state index is 0.234. The molecule has 0 unspecified atom stereocenters. The molecule has 2 heterocycles. The zero-order valence-corrected chi connectivity index (χ0v) is 14.9. The van der Waals surface area contributed by atoms with Crippen molar-refractivity contribution < 1.29 is 14.3 Å². The second kappa shape index (κ2) is 8.40. The van der Waals surface area contributed by atoms with Gasteiger partial charge in [0.15, 0.2) is 0 Å². The number of rotatable bonds is 7. The van der Waals surface area contributed by atoms with E-state index in [-0.39, 0.29) is 5.91 Å². The highest BCUT2D eigenvalue weighted by molar-refractivity contribution is 6.30. The van der Waals surface area contributed by atoms with Gasteiger partial charge in [-0.2, -0.15) is 0 Å². The van der Waals surface area contributed by atoms with Crippen LogP contribution in [0.25, 0.3) is 0 Å². The molecular formula is C19H18ClN3O3. The molecule has 7 heteroatoms.